The van der Waals surface area contributed by atoms with Gasteiger partial charge in [0.25, 0.3) is 7.29 Å². The van der Waals surface area contributed by atoms with Gasteiger partial charge in [-0.1, -0.05) is 68.4 Å². The van der Waals surface area contributed by atoms with Crippen LogP contribution in [0.4, 0.5) is 11.4 Å². The molecule has 0 N–H and O–H groups in total. The third-order valence-electron chi connectivity index (χ3n) is 6.08. The molecule has 3 aromatic rings. The molecule has 0 aliphatic carbocycles. The van der Waals surface area contributed by atoms with Gasteiger partial charge in [-0.05, 0) is 35.9 Å². The molecule has 0 radical (unpaired) electrons. The Morgan fingerprint density at radius 1 is 0.833 bits per heavy atom. The van der Waals surface area contributed by atoms with E-state index in [2.05, 4.69) is 55.2 Å². The molecule has 2 aliphatic rings. The minimum Gasteiger partial charge on any atom is -0.346 e. The van der Waals surface area contributed by atoms with Crippen LogP contribution in [0, 0.1) is 0 Å². The van der Waals surface area contributed by atoms with E-state index in [1.165, 1.54) is 5.56 Å². The highest BCUT2D eigenvalue weighted by Crippen LogP contribution is 2.64. The van der Waals surface area contributed by atoms with Crippen LogP contribution in [0.5, 0.6) is 0 Å². The van der Waals surface area contributed by atoms with Gasteiger partial charge in [0.1, 0.15) is 0 Å². The summed E-state index contributed by atoms with van der Waals surface area (Å²) in [6.07, 6.45) is 1.81. The number of rotatable bonds is 2. The molecule has 2 aliphatic heterocycles. The summed E-state index contributed by atoms with van der Waals surface area (Å²) in [5.74, 6) is 0. The molecule has 0 unspecified atom stereocenters. The lowest BCUT2D eigenvalue weighted by molar-refractivity contribution is 0.582. The second kappa shape index (κ2) is 6.72. The summed E-state index contributed by atoms with van der Waals surface area (Å²) in [6.45, 7) is 4.40. The van der Waals surface area contributed by atoms with Crippen LogP contribution in [0.2, 0.25) is 0 Å². The molecule has 0 fully saturated rings. The fourth-order valence-electron chi connectivity index (χ4n) is 4.69. The van der Waals surface area contributed by atoms with Gasteiger partial charge in [-0.3, -0.25) is 4.57 Å². The fourth-order valence-corrected chi connectivity index (χ4v) is 7.55. The van der Waals surface area contributed by atoms with Crippen LogP contribution in [0.1, 0.15) is 19.4 Å². The average Bonchev–Trinajstić information content (AvgIpc) is 3.21. The molecule has 0 saturated carbocycles. The SMILES string of the molecule is CN1/C(=C2/C=NN(c3ccccc3)[P@@]2(=O)c2ccccc2)C(C)(C)c2ccccc21. The fraction of sp³-hybridized carbons (Fsp3) is 0.160. The maximum Gasteiger partial charge on any atom is 0.252 e. The van der Waals surface area contributed by atoms with E-state index in [4.69, 9.17) is 0 Å². The lowest BCUT2D eigenvalue weighted by atomic mass is 9.84. The zero-order chi connectivity index (χ0) is 20.9. The molecule has 0 amide bonds. The Labute approximate surface area is 177 Å². The van der Waals surface area contributed by atoms with E-state index in [9.17, 15) is 4.57 Å². The molecular formula is C25H24N3OP. The van der Waals surface area contributed by atoms with Gasteiger partial charge < -0.3 is 4.90 Å². The predicted molar refractivity (Wildman–Crippen MR) is 126 cm³/mol. The molecule has 5 rings (SSSR count). The average molecular weight is 413 g/mol. The number of nitrogens with zero attached hydrogens (tertiary/aromatic N) is 3. The summed E-state index contributed by atoms with van der Waals surface area (Å²) in [7, 11) is -1.15. The summed E-state index contributed by atoms with van der Waals surface area (Å²) >= 11 is 0. The highest BCUT2D eigenvalue weighted by molar-refractivity contribution is 7.78. The van der Waals surface area contributed by atoms with Crippen molar-refractivity contribution < 1.29 is 4.57 Å². The van der Waals surface area contributed by atoms with Crippen LogP contribution in [0.25, 0.3) is 0 Å². The molecule has 0 aromatic heterocycles. The number of anilines is 2. The lowest BCUT2D eigenvalue weighted by Gasteiger charge is -2.31. The summed E-state index contributed by atoms with van der Waals surface area (Å²) in [5.41, 5.74) is 3.96. The third-order valence-corrected chi connectivity index (χ3v) is 8.93. The van der Waals surface area contributed by atoms with Crippen molar-refractivity contribution in [2.75, 3.05) is 16.7 Å². The van der Waals surface area contributed by atoms with Gasteiger partial charge in [0, 0.05) is 29.2 Å². The van der Waals surface area contributed by atoms with E-state index in [0.717, 1.165) is 27.7 Å². The maximum absolute atomic E-state index is 15.0. The first-order chi connectivity index (χ1) is 14.5. The van der Waals surface area contributed by atoms with Crippen LogP contribution in [-0.4, -0.2) is 13.3 Å². The van der Waals surface area contributed by atoms with E-state index in [-0.39, 0.29) is 5.41 Å². The van der Waals surface area contributed by atoms with Crippen molar-refractivity contribution in [1.82, 2.24) is 0 Å². The van der Waals surface area contributed by atoms with E-state index in [0.29, 0.717) is 0 Å². The Bertz CT molecular complexity index is 1220. The van der Waals surface area contributed by atoms with Crippen molar-refractivity contribution in [2.24, 2.45) is 5.10 Å². The molecule has 0 bridgehead atoms. The normalized spacial score (nSPS) is 24.4. The first-order valence-electron chi connectivity index (χ1n) is 10.1. The van der Waals surface area contributed by atoms with Crippen LogP contribution in [-0.2, 0) is 9.98 Å². The van der Waals surface area contributed by atoms with Crippen molar-refractivity contribution in [3.05, 3.63) is 102 Å². The second-order valence-corrected chi connectivity index (χ2v) is 10.7. The highest BCUT2D eigenvalue weighted by Gasteiger charge is 2.49. The van der Waals surface area contributed by atoms with E-state index >= 15 is 0 Å². The number of likely N-dealkylation sites (N-methyl/N-ethyl adjacent to an activating group) is 1. The van der Waals surface area contributed by atoms with Crippen LogP contribution in [0.15, 0.2) is 101 Å². The van der Waals surface area contributed by atoms with Crippen molar-refractivity contribution in [2.45, 2.75) is 19.3 Å². The summed E-state index contributed by atoms with van der Waals surface area (Å²) in [6, 6.07) is 27.9. The van der Waals surface area contributed by atoms with Crippen molar-refractivity contribution in [1.29, 1.82) is 0 Å². The minimum atomic E-state index is -3.21. The number of hydrogen-bond acceptors (Lipinski definition) is 3. The monoisotopic (exact) mass is 413 g/mol. The van der Waals surface area contributed by atoms with Gasteiger partial charge in [0.2, 0.25) is 0 Å². The zero-order valence-corrected chi connectivity index (χ0v) is 18.3. The molecule has 30 heavy (non-hydrogen) atoms. The predicted octanol–water partition coefficient (Wildman–Crippen LogP) is 5.74. The van der Waals surface area contributed by atoms with E-state index in [1.807, 2.05) is 60.7 Å². The number of benzene rings is 3. The van der Waals surface area contributed by atoms with Gasteiger partial charge in [0.15, 0.2) is 0 Å². The Balaban J connectivity index is 1.79. The molecule has 2 heterocycles. The molecule has 1 atom stereocenters. The minimum absolute atomic E-state index is 0.288. The van der Waals surface area contributed by atoms with Crippen LogP contribution in [0.3, 0.4) is 0 Å². The first-order valence-corrected chi connectivity index (χ1v) is 11.8. The number of fused-ring (bicyclic) bond motifs is 1. The Hall–Kier alpha value is -3.10. The van der Waals surface area contributed by atoms with Crippen molar-refractivity contribution in [3.63, 3.8) is 0 Å². The van der Waals surface area contributed by atoms with Gasteiger partial charge in [0.05, 0.1) is 17.2 Å². The van der Waals surface area contributed by atoms with E-state index < -0.39 is 7.29 Å². The Morgan fingerprint density at radius 3 is 2.10 bits per heavy atom. The summed E-state index contributed by atoms with van der Waals surface area (Å²) < 4.78 is 16.7. The highest BCUT2D eigenvalue weighted by atomic mass is 31.2. The molecule has 0 spiro atoms. The number of para-hydroxylation sites is 2. The lowest BCUT2D eigenvalue weighted by Crippen LogP contribution is -2.27. The third kappa shape index (κ3) is 2.54. The van der Waals surface area contributed by atoms with E-state index in [1.54, 1.807) is 11.0 Å². The first kappa shape index (κ1) is 18.9. The van der Waals surface area contributed by atoms with Crippen molar-refractivity contribution >= 4 is 30.2 Å². The van der Waals surface area contributed by atoms with Gasteiger partial charge >= 0.3 is 0 Å². The molecule has 5 heteroatoms. The van der Waals surface area contributed by atoms with Crippen molar-refractivity contribution in [3.8, 4) is 0 Å². The number of allylic oxidation sites excluding steroid dienone is 2. The molecule has 150 valence electrons. The smallest absolute Gasteiger partial charge is 0.252 e. The zero-order valence-electron chi connectivity index (χ0n) is 17.4. The standard InChI is InChI=1S/C25H24N3OP/c1-25(2)21-16-10-11-17-22(21)27(3)24(25)23-18-26-28(19-12-6-4-7-13-19)30(23,29)20-14-8-5-9-15-20/h4-18H,1-3H3/b24-23-/t30-/m1/s1. The van der Waals surface area contributed by atoms with Crippen LogP contribution < -0.4 is 15.0 Å². The van der Waals surface area contributed by atoms with Gasteiger partial charge in [-0.2, -0.15) is 5.10 Å². The molecule has 4 nitrogen and oxygen atoms in total. The maximum atomic E-state index is 15.0. The molecule has 0 saturated heterocycles. The molecular weight excluding hydrogens is 389 g/mol. The molecule has 3 aromatic carbocycles. The quantitative estimate of drug-likeness (QED) is 0.503. The second-order valence-electron chi connectivity index (χ2n) is 8.22. The van der Waals surface area contributed by atoms with Crippen LogP contribution >= 0.6 is 7.29 Å². The topological polar surface area (TPSA) is 35.9 Å². The largest absolute Gasteiger partial charge is 0.346 e. The van der Waals surface area contributed by atoms with Gasteiger partial charge in [-0.25, -0.2) is 4.78 Å². The Morgan fingerprint density at radius 2 is 1.43 bits per heavy atom. The Kier molecular flexibility index (Phi) is 4.23. The number of hydrazone groups is 1. The van der Waals surface area contributed by atoms with Gasteiger partial charge in [-0.15, -0.1) is 0 Å². The summed E-state index contributed by atoms with van der Waals surface area (Å²) in [5, 5.41) is 6.26. The summed E-state index contributed by atoms with van der Waals surface area (Å²) in [4.78, 5) is 2.18. The number of hydrogen-bond donors (Lipinski definition) is 0.